The molecule has 0 amide bonds. The highest BCUT2D eigenvalue weighted by Crippen LogP contribution is 2.38. The van der Waals surface area contributed by atoms with Crippen LogP contribution in [0.2, 0.25) is 5.02 Å². The molecule has 4 heterocycles. The van der Waals surface area contributed by atoms with Gasteiger partial charge in [-0.25, -0.2) is 13.2 Å². The number of hydrogen-bond donors (Lipinski definition) is 0. The lowest BCUT2D eigenvalue weighted by Gasteiger charge is -2.12. The van der Waals surface area contributed by atoms with Gasteiger partial charge in [-0.05, 0) is 42.8 Å². The smallest absolute Gasteiger partial charge is 0.317 e. The first-order chi connectivity index (χ1) is 20.4. The molecule has 2 aliphatic rings. The number of aromatic nitrogens is 3. The molecule has 2 aromatic heterocycles. The molecule has 2 atom stereocenters. The fraction of sp³-hybridized carbons (Fsp3) is 0.281. The number of hydrogen-bond acceptors (Lipinski definition) is 6. The van der Waals surface area contributed by atoms with Crippen molar-refractivity contribution in [3.8, 4) is 17.3 Å². The second kappa shape index (κ2) is 12.5. The number of nitrogens with zero attached hydrogens (tertiary/aromatic N) is 4. The Bertz CT molecular complexity index is 1730. The number of thioether (sulfide) groups is 1. The molecule has 2 unspecified atom stereocenters. The maximum atomic E-state index is 15.8. The lowest BCUT2D eigenvalue weighted by molar-refractivity contribution is 0.292. The lowest BCUT2D eigenvalue weighted by Crippen LogP contribution is -2.22. The molecule has 2 fully saturated rings. The molecule has 42 heavy (non-hydrogen) atoms. The van der Waals surface area contributed by atoms with Crippen LogP contribution in [0.25, 0.3) is 32.9 Å². The number of ether oxygens (including phenoxy) is 1. The molecule has 5 nitrogen and oxygen atoms in total. The maximum Gasteiger partial charge on any atom is 0.317 e. The van der Waals surface area contributed by atoms with E-state index in [2.05, 4.69) is 19.9 Å². The fourth-order valence-electron chi connectivity index (χ4n) is 5.66. The highest BCUT2D eigenvalue weighted by atomic mass is 35.5. The Kier molecular flexibility index (Phi) is 8.51. The molecule has 0 N–H and O–H groups in total. The lowest BCUT2D eigenvalue weighted by atomic mass is 10.0. The van der Waals surface area contributed by atoms with E-state index in [-0.39, 0.29) is 22.2 Å². The molecule has 0 spiro atoms. The van der Waals surface area contributed by atoms with Gasteiger partial charge in [0.1, 0.15) is 28.2 Å². The van der Waals surface area contributed by atoms with E-state index in [0.29, 0.717) is 45.1 Å². The van der Waals surface area contributed by atoms with Gasteiger partial charge in [0.2, 0.25) is 0 Å². The van der Waals surface area contributed by atoms with Crippen molar-refractivity contribution in [2.75, 3.05) is 20.2 Å². The van der Waals surface area contributed by atoms with Gasteiger partial charge in [0.25, 0.3) is 0 Å². The van der Waals surface area contributed by atoms with E-state index in [4.69, 9.17) is 16.3 Å². The SMILES string of the molecule is COc1nc(SCc2ccccc2)c2cnc(-c3cccc4ccc(F)c(Cl)c34)c(F)c2n1.FC1CC2CCCN2C1. The average molecular weight is 609 g/mol. The van der Waals surface area contributed by atoms with Gasteiger partial charge in [0, 0.05) is 35.5 Å². The zero-order valence-corrected chi connectivity index (χ0v) is 24.4. The van der Waals surface area contributed by atoms with Crippen molar-refractivity contribution in [2.45, 2.75) is 42.3 Å². The topological polar surface area (TPSA) is 51.1 Å². The Morgan fingerprint density at radius 1 is 1.05 bits per heavy atom. The van der Waals surface area contributed by atoms with Crippen molar-refractivity contribution in [1.82, 2.24) is 19.9 Å². The second-order valence-corrected chi connectivity index (χ2v) is 11.7. The molecular formula is C32H28ClF3N4OS. The third kappa shape index (κ3) is 5.78. The number of fused-ring (bicyclic) bond motifs is 3. The molecule has 0 saturated carbocycles. The van der Waals surface area contributed by atoms with Gasteiger partial charge in [0.15, 0.2) is 5.82 Å². The number of rotatable bonds is 5. The van der Waals surface area contributed by atoms with Gasteiger partial charge in [-0.1, -0.05) is 66.2 Å². The summed E-state index contributed by atoms with van der Waals surface area (Å²) in [7, 11) is 1.43. The van der Waals surface area contributed by atoms with Gasteiger partial charge in [-0.15, -0.1) is 11.8 Å². The summed E-state index contributed by atoms with van der Waals surface area (Å²) in [4.78, 5) is 15.3. The Hall–Kier alpha value is -3.40. The van der Waals surface area contributed by atoms with Gasteiger partial charge in [0.05, 0.1) is 17.5 Å². The maximum absolute atomic E-state index is 15.8. The van der Waals surface area contributed by atoms with Crippen LogP contribution in [0.15, 0.2) is 71.9 Å². The highest BCUT2D eigenvalue weighted by molar-refractivity contribution is 7.98. The summed E-state index contributed by atoms with van der Waals surface area (Å²) in [6, 6.07) is 18.6. The number of pyridine rings is 1. The minimum atomic E-state index is -0.650. The quantitative estimate of drug-likeness (QED) is 0.148. The molecule has 3 aromatic carbocycles. The van der Waals surface area contributed by atoms with E-state index >= 15 is 4.39 Å². The van der Waals surface area contributed by atoms with Crippen molar-refractivity contribution in [3.63, 3.8) is 0 Å². The first-order valence-electron chi connectivity index (χ1n) is 13.7. The van der Waals surface area contributed by atoms with Gasteiger partial charge < -0.3 is 4.74 Å². The van der Waals surface area contributed by atoms with Gasteiger partial charge in [-0.2, -0.15) is 9.97 Å². The summed E-state index contributed by atoms with van der Waals surface area (Å²) >= 11 is 7.69. The number of alkyl halides is 1. The molecule has 5 aromatic rings. The van der Waals surface area contributed by atoms with Crippen molar-refractivity contribution >= 4 is 45.0 Å². The molecule has 0 bridgehead atoms. The number of halogens is 4. The first kappa shape index (κ1) is 28.7. The normalized spacial score (nSPS) is 18.2. The Morgan fingerprint density at radius 2 is 1.88 bits per heavy atom. The van der Waals surface area contributed by atoms with Crippen molar-refractivity contribution in [2.24, 2.45) is 0 Å². The van der Waals surface area contributed by atoms with E-state index in [9.17, 15) is 8.78 Å². The fourth-order valence-corrected chi connectivity index (χ4v) is 6.88. The number of methoxy groups -OCH3 is 1. The standard InChI is InChI=1S/C25H16ClF2N3OS.C7H12FN/c1-32-25-30-23-17(24(31-25)33-13-14-6-3-2-4-7-14)12-29-22(21(23)28)16-9-5-8-15-10-11-18(27)20(26)19(15)16;8-6-4-7-2-1-3-9(7)5-6/h2-12H,13H2,1H3;6-7H,1-5H2. The summed E-state index contributed by atoms with van der Waals surface area (Å²) in [6.07, 6.45) is 4.35. The van der Waals surface area contributed by atoms with Crippen LogP contribution in [0.1, 0.15) is 24.8 Å². The van der Waals surface area contributed by atoms with Crippen LogP contribution in [0.4, 0.5) is 13.2 Å². The van der Waals surface area contributed by atoms with Crippen LogP contribution in [0.3, 0.4) is 0 Å². The molecule has 0 aliphatic carbocycles. The predicted octanol–water partition coefficient (Wildman–Crippen LogP) is 8.27. The second-order valence-electron chi connectivity index (χ2n) is 10.4. The summed E-state index contributed by atoms with van der Waals surface area (Å²) in [5.41, 5.74) is 1.59. The van der Waals surface area contributed by atoms with Crippen molar-refractivity contribution in [3.05, 3.63) is 89.1 Å². The molecule has 10 heteroatoms. The van der Waals surface area contributed by atoms with E-state index in [0.717, 1.165) is 18.5 Å². The monoisotopic (exact) mass is 608 g/mol. The zero-order chi connectivity index (χ0) is 29.2. The van der Waals surface area contributed by atoms with Crippen LogP contribution in [0, 0.1) is 11.6 Å². The molecule has 2 aliphatic heterocycles. The summed E-state index contributed by atoms with van der Waals surface area (Å²) < 4.78 is 47.8. The Morgan fingerprint density at radius 3 is 2.67 bits per heavy atom. The molecule has 216 valence electrons. The van der Waals surface area contributed by atoms with Gasteiger partial charge >= 0.3 is 6.01 Å². The highest BCUT2D eigenvalue weighted by Gasteiger charge is 2.34. The first-order valence-corrected chi connectivity index (χ1v) is 15.1. The third-order valence-electron chi connectivity index (χ3n) is 7.68. The van der Waals surface area contributed by atoms with E-state index < -0.39 is 17.8 Å². The van der Waals surface area contributed by atoms with Crippen LogP contribution in [-0.4, -0.2) is 52.3 Å². The van der Waals surface area contributed by atoms with Gasteiger partial charge in [-0.3, -0.25) is 9.88 Å². The Balaban J connectivity index is 0.000000296. The summed E-state index contributed by atoms with van der Waals surface area (Å²) in [5, 5.41) is 2.02. The van der Waals surface area contributed by atoms with E-state index in [1.54, 1.807) is 24.3 Å². The van der Waals surface area contributed by atoms with E-state index in [1.165, 1.54) is 44.0 Å². The van der Waals surface area contributed by atoms with Crippen LogP contribution in [0.5, 0.6) is 6.01 Å². The third-order valence-corrected chi connectivity index (χ3v) is 9.11. The number of benzene rings is 3. The average Bonchev–Trinajstić information content (AvgIpc) is 3.60. The summed E-state index contributed by atoms with van der Waals surface area (Å²) in [6.45, 7) is 1.86. The summed E-state index contributed by atoms with van der Waals surface area (Å²) in [5.74, 6) is -0.596. The minimum absolute atomic E-state index is 0.0281. The van der Waals surface area contributed by atoms with Crippen molar-refractivity contribution in [1.29, 1.82) is 0 Å². The zero-order valence-electron chi connectivity index (χ0n) is 22.9. The molecule has 2 saturated heterocycles. The van der Waals surface area contributed by atoms with E-state index in [1.807, 2.05) is 30.3 Å². The minimum Gasteiger partial charge on any atom is -0.467 e. The van der Waals surface area contributed by atoms with Crippen molar-refractivity contribution < 1.29 is 17.9 Å². The van der Waals surface area contributed by atoms with Crippen LogP contribution >= 0.6 is 23.4 Å². The molecular weight excluding hydrogens is 581 g/mol. The predicted molar refractivity (Wildman–Crippen MR) is 162 cm³/mol. The molecule has 0 radical (unpaired) electrons. The van der Waals surface area contributed by atoms with Crippen LogP contribution in [-0.2, 0) is 5.75 Å². The Labute approximate surface area is 251 Å². The van der Waals surface area contributed by atoms with Crippen LogP contribution < -0.4 is 4.74 Å². The molecule has 7 rings (SSSR count). The largest absolute Gasteiger partial charge is 0.467 e.